The Morgan fingerprint density at radius 3 is 2.65 bits per heavy atom. The van der Waals surface area contributed by atoms with Crippen LogP contribution in [0, 0.1) is 10.1 Å². The lowest BCUT2D eigenvalue weighted by Crippen LogP contribution is -2.01. The Kier molecular flexibility index (Phi) is 4.50. The molecular weight excluding hydrogens is 258 g/mol. The van der Waals surface area contributed by atoms with Crippen LogP contribution in [0.25, 0.3) is 0 Å². The Morgan fingerprint density at radius 1 is 1.30 bits per heavy atom. The van der Waals surface area contributed by atoms with Crippen molar-refractivity contribution >= 4 is 11.7 Å². The maximum Gasteiger partial charge on any atom is 0.330 e. The van der Waals surface area contributed by atoms with Crippen LogP contribution in [0.3, 0.4) is 0 Å². The first-order valence-electron chi connectivity index (χ1n) is 6.72. The number of benzene rings is 1. The van der Waals surface area contributed by atoms with Gasteiger partial charge in [0.15, 0.2) is 0 Å². The molecule has 5 heteroatoms. The molecule has 0 spiro atoms. The normalized spacial score (nSPS) is 16.4. The first-order valence-corrected chi connectivity index (χ1v) is 6.72. The number of rotatable bonds is 3. The van der Waals surface area contributed by atoms with Crippen molar-refractivity contribution in [3.05, 3.63) is 51.1 Å². The number of hydrogen-bond acceptors (Lipinski definition) is 4. The average Bonchev–Trinajstić information content (AvgIpc) is 2.61. The second-order valence-electron chi connectivity index (χ2n) is 4.76. The van der Waals surface area contributed by atoms with E-state index in [4.69, 9.17) is 4.74 Å². The molecular formula is C15H17NO4. The number of hydrogen-bond donors (Lipinski definition) is 0. The zero-order valence-corrected chi connectivity index (χ0v) is 11.4. The summed E-state index contributed by atoms with van der Waals surface area (Å²) in [5.41, 5.74) is 3.30. The number of ether oxygens (including phenoxy) is 1. The summed E-state index contributed by atoms with van der Waals surface area (Å²) in [7, 11) is 0. The molecule has 1 aliphatic carbocycles. The van der Waals surface area contributed by atoms with Crippen LogP contribution in [0.5, 0.6) is 0 Å². The van der Waals surface area contributed by atoms with Gasteiger partial charge < -0.3 is 4.74 Å². The summed E-state index contributed by atoms with van der Waals surface area (Å²) in [6.45, 7) is 2.15. The minimum absolute atomic E-state index is 0.126. The van der Waals surface area contributed by atoms with Gasteiger partial charge in [0.25, 0.3) is 5.69 Å². The summed E-state index contributed by atoms with van der Waals surface area (Å²) in [6.07, 6.45) is 4.63. The topological polar surface area (TPSA) is 69.4 Å². The van der Waals surface area contributed by atoms with Crippen molar-refractivity contribution in [1.82, 2.24) is 0 Å². The highest BCUT2D eigenvalue weighted by molar-refractivity contribution is 5.82. The molecule has 2 rings (SSSR count). The quantitative estimate of drug-likeness (QED) is 0.279. The molecule has 1 aromatic carbocycles. The van der Waals surface area contributed by atoms with Crippen LogP contribution in [0.2, 0.25) is 0 Å². The first-order chi connectivity index (χ1) is 9.60. The number of allylic oxidation sites excluding steroid dienone is 1. The predicted molar refractivity (Wildman–Crippen MR) is 74.5 cm³/mol. The van der Waals surface area contributed by atoms with E-state index in [1.165, 1.54) is 0 Å². The molecule has 0 fully saturated rings. The molecule has 0 aliphatic heterocycles. The van der Waals surface area contributed by atoms with Gasteiger partial charge in [-0.3, -0.25) is 10.1 Å². The van der Waals surface area contributed by atoms with Crippen LogP contribution in [-0.4, -0.2) is 17.5 Å². The van der Waals surface area contributed by atoms with Gasteiger partial charge in [0, 0.05) is 18.2 Å². The smallest absolute Gasteiger partial charge is 0.330 e. The molecule has 0 radical (unpaired) electrons. The fourth-order valence-electron chi connectivity index (χ4n) is 2.41. The van der Waals surface area contributed by atoms with Gasteiger partial charge in [0.05, 0.1) is 11.5 Å². The number of fused-ring (bicyclic) bond motifs is 1. The molecule has 106 valence electrons. The molecule has 0 unspecified atom stereocenters. The molecule has 1 aliphatic rings. The van der Waals surface area contributed by atoms with E-state index >= 15 is 0 Å². The van der Waals surface area contributed by atoms with Crippen molar-refractivity contribution in [1.29, 1.82) is 0 Å². The van der Waals surface area contributed by atoms with Crippen LogP contribution >= 0.6 is 0 Å². The molecule has 0 saturated carbocycles. The maximum absolute atomic E-state index is 11.5. The van der Waals surface area contributed by atoms with Gasteiger partial charge >= 0.3 is 5.97 Å². The van der Waals surface area contributed by atoms with Crippen molar-refractivity contribution in [2.24, 2.45) is 0 Å². The van der Waals surface area contributed by atoms with Gasteiger partial charge in [-0.1, -0.05) is 11.6 Å². The summed E-state index contributed by atoms with van der Waals surface area (Å²) in [6, 6.07) is 5.00. The standard InChI is InChI=1S/C15H17NO4/c1-2-20-15(17)9-11-3-5-12-7-8-14(16(18)19)10-13(12)6-4-11/h7-10H,2-6H2,1H3. The second-order valence-corrected chi connectivity index (χ2v) is 4.76. The van der Waals surface area contributed by atoms with Gasteiger partial charge in [0.1, 0.15) is 0 Å². The Morgan fingerprint density at radius 2 is 2.00 bits per heavy atom. The fourth-order valence-corrected chi connectivity index (χ4v) is 2.41. The summed E-state index contributed by atoms with van der Waals surface area (Å²) in [4.78, 5) is 21.9. The largest absolute Gasteiger partial charge is 0.463 e. The van der Waals surface area contributed by atoms with Crippen LogP contribution in [0.15, 0.2) is 29.8 Å². The van der Waals surface area contributed by atoms with E-state index in [1.807, 2.05) is 6.07 Å². The Balaban J connectivity index is 2.14. The van der Waals surface area contributed by atoms with Crippen LogP contribution in [-0.2, 0) is 22.4 Å². The van der Waals surface area contributed by atoms with Crippen molar-refractivity contribution in [3.8, 4) is 0 Å². The number of carbonyl (C=O) groups excluding carboxylic acids is 1. The van der Waals surface area contributed by atoms with Gasteiger partial charge in [-0.25, -0.2) is 4.79 Å². The lowest BCUT2D eigenvalue weighted by molar-refractivity contribution is -0.384. The van der Waals surface area contributed by atoms with Crippen LogP contribution in [0.1, 0.15) is 30.9 Å². The molecule has 5 nitrogen and oxygen atoms in total. The number of esters is 1. The second kappa shape index (κ2) is 6.32. The molecule has 0 saturated heterocycles. The average molecular weight is 275 g/mol. The highest BCUT2D eigenvalue weighted by atomic mass is 16.6. The fraction of sp³-hybridized carbons (Fsp3) is 0.400. The maximum atomic E-state index is 11.5. The van der Waals surface area contributed by atoms with E-state index < -0.39 is 0 Å². The highest BCUT2D eigenvalue weighted by Gasteiger charge is 2.15. The Labute approximate surface area is 117 Å². The highest BCUT2D eigenvalue weighted by Crippen LogP contribution is 2.27. The van der Waals surface area contributed by atoms with Gasteiger partial charge in [-0.15, -0.1) is 0 Å². The molecule has 20 heavy (non-hydrogen) atoms. The summed E-state index contributed by atoms with van der Waals surface area (Å²) in [5.74, 6) is -0.306. The van der Waals surface area contributed by atoms with E-state index in [1.54, 1.807) is 25.1 Å². The van der Waals surface area contributed by atoms with Crippen molar-refractivity contribution in [2.45, 2.75) is 32.6 Å². The van der Waals surface area contributed by atoms with Crippen LogP contribution in [0.4, 0.5) is 5.69 Å². The monoisotopic (exact) mass is 275 g/mol. The minimum Gasteiger partial charge on any atom is -0.463 e. The molecule has 0 bridgehead atoms. The van der Waals surface area contributed by atoms with E-state index in [0.717, 1.165) is 42.4 Å². The van der Waals surface area contributed by atoms with Gasteiger partial charge in [-0.05, 0) is 43.7 Å². The number of aryl methyl sites for hydroxylation is 2. The van der Waals surface area contributed by atoms with Crippen molar-refractivity contribution < 1.29 is 14.5 Å². The Hall–Kier alpha value is -2.17. The number of nitro benzene ring substituents is 1. The Bertz CT molecular complexity index is 563. The third-order valence-electron chi connectivity index (χ3n) is 3.44. The third-order valence-corrected chi connectivity index (χ3v) is 3.44. The summed E-state index contributed by atoms with van der Waals surface area (Å²) < 4.78 is 4.91. The third kappa shape index (κ3) is 3.44. The molecule has 0 atom stereocenters. The number of nitro groups is 1. The minimum atomic E-state index is -0.374. The van der Waals surface area contributed by atoms with Crippen molar-refractivity contribution in [3.63, 3.8) is 0 Å². The molecule has 0 amide bonds. The van der Waals surface area contributed by atoms with Crippen molar-refractivity contribution in [2.75, 3.05) is 6.61 Å². The lowest BCUT2D eigenvalue weighted by atomic mass is 10.0. The SMILES string of the molecule is CCOC(=O)C=C1CCc2ccc([N+](=O)[O-])cc2CC1. The molecule has 1 aromatic rings. The van der Waals surface area contributed by atoms with Gasteiger partial charge in [-0.2, -0.15) is 0 Å². The molecule has 0 heterocycles. The zero-order valence-electron chi connectivity index (χ0n) is 11.4. The van der Waals surface area contributed by atoms with E-state index in [2.05, 4.69) is 0 Å². The number of non-ortho nitro benzene ring substituents is 1. The summed E-state index contributed by atoms with van der Waals surface area (Å²) >= 11 is 0. The van der Waals surface area contributed by atoms with Crippen LogP contribution < -0.4 is 0 Å². The van der Waals surface area contributed by atoms with E-state index in [-0.39, 0.29) is 16.6 Å². The zero-order chi connectivity index (χ0) is 14.5. The first kappa shape index (κ1) is 14.2. The number of nitrogens with zero attached hydrogens (tertiary/aromatic N) is 1. The summed E-state index contributed by atoms with van der Waals surface area (Å²) in [5, 5.41) is 10.8. The van der Waals surface area contributed by atoms with E-state index in [9.17, 15) is 14.9 Å². The molecule has 0 aromatic heterocycles. The predicted octanol–water partition coefficient (Wildman–Crippen LogP) is 2.96. The van der Waals surface area contributed by atoms with E-state index in [0.29, 0.717) is 6.61 Å². The number of carbonyl (C=O) groups is 1. The lowest BCUT2D eigenvalue weighted by Gasteiger charge is -2.03. The van der Waals surface area contributed by atoms with Gasteiger partial charge in [0.2, 0.25) is 0 Å². The molecule has 0 N–H and O–H groups in total.